The third kappa shape index (κ3) is 3.64. The molecule has 2 aromatic rings. The minimum absolute atomic E-state index is 0.150. The summed E-state index contributed by atoms with van der Waals surface area (Å²) in [6, 6.07) is 10.9. The zero-order chi connectivity index (χ0) is 13.8. The lowest BCUT2D eigenvalue weighted by atomic mass is 9.98. The molecule has 1 aromatic heterocycles. The molecule has 2 rings (SSSR count). The zero-order valence-electron chi connectivity index (χ0n) is 11.6. The molecular formula is C16H19BrN2. The number of aromatic nitrogens is 1. The van der Waals surface area contributed by atoms with Crippen molar-refractivity contribution in [1.29, 1.82) is 0 Å². The summed E-state index contributed by atoms with van der Waals surface area (Å²) in [7, 11) is 0. The van der Waals surface area contributed by atoms with Gasteiger partial charge in [0.15, 0.2) is 0 Å². The van der Waals surface area contributed by atoms with Gasteiger partial charge in [-0.05, 0) is 54.0 Å². The quantitative estimate of drug-likeness (QED) is 0.915. The normalized spacial score (nSPS) is 12.4. The van der Waals surface area contributed by atoms with E-state index >= 15 is 0 Å². The number of nitrogens with one attached hydrogen (secondary N) is 1. The molecular weight excluding hydrogens is 300 g/mol. The summed E-state index contributed by atoms with van der Waals surface area (Å²) >= 11 is 3.43. The molecule has 0 aliphatic carbocycles. The topological polar surface area (TPSA) is 24.9 Å². The minimum atomic E-state index is 0.150. The van der Waals surface area contributed by atoms with Crippen molar-refractivity contribution in [2.24, 2.45) is 0 Å². The van der Waals surface area contributed by atoms with Crippen LogP contribution in [-0.2, 0) is 0 Å². The predicted molar refractivity (Wildman–Crippen MR) is 83.4 cm³/mol. The molecule has 0 aliphatic rings. The Morgan fingerprint density at radius 2 is 1.84 bits per heavy atom. The second kappa shape index (κ2) is 6.31. The Labute approximate surface area is 123 Å². The number of hydrogen-bond acceptors (Lipinski definition) is 2. The lowest BCUT2D eigenvalue weighted by Crippen LogP contribution is -2.23. The standard InChI is InChI=1S/C16H19BrN2/c1-4-18-16(15-6-5-14(17)10-19-15)13-8-11(2)7-12(3)9-13/h5-10,16,18H,4H2,1-3H3. The van der Waals surface area contributed by atoms with E-state index in [1.165, 1.54) is 16.7 Å². The summed E-state index contributed by atoms with van der Waals surface area (Å²) < 4.78 is 1.01. The maximum absolute atomic E-state index is 4.52. The molecule has 2 nitrogen and oxygen atoms in total. The molecule has 0 amide bonds. The van der Waals surface area contributed by atoms with Gasteiger partial charge >= 0.3 is 0 Å². The summed E-state index contributed by atoms with van der Waals surface area (Å²) in [5, 5.41) is 3.51. The van der Waals surface area contributed by atoms with Gasteiger partial charge in [0.05, 0.1) is 11.7 Å². The van der Waals surface area contributed by atoms with E-state index in [0.29, 0.717) is 0 Å². The van der Waals surface area contributed by atoms with Gasteiger partial charge in [-0.2, -0.15) is 0 Å². The van der Waals surface area contributed by atoms with Crippen LogP contribution in [0.3, 0.4) is 0 Å². The van der Waals surface area contributed by atoms with Gasteiger partial charge in [0, 0.05) is 10.7 Å². The van der Waals surface area contributed by atoms with Crippen molar-refractivity contribution in [3.63, 3.8) is 0 Å². The Kier molecular flexibility index (Phi) is 4.72. The van der Waals surface area contributed by atoms with Crippen LogP contribution >= 0.6 is 15.9 Å². The van der Waals surface area contributed by atoms with E-state index in [0.717, 1.165) is 16.7 Å². The second-order valence-electron chi connectivity index (χ2n) is 4.81. The Morgan fingerprint density at radius 3 is 2.37 bits per heavy atom. The van der Waals surface area contributed by atoms with Crippen LogP contribution in [-0.4, -0.2) is 11.5 Å². The summed E-state index contributed by atoms with van der Waals surface area (Å²) in [6.45, 7) is 7.30. The largest absolute Gasteiger partial charge is 0.305 e. The van der Waals surface area contributed by atoms with Crippen LogP contribution in [0.5, 0.6) is 0 Å². The van der Waals surface area contributed by atoms with Crippen LogP contribution in [0, 0.1) is 13.8 Å². The monoisotopic (exact) mass is 318 g/mol. The highest BCUT2D eigenvalue weighted by Gasteiger charge is 2.14. The summed E-state index contributed by atoms with van der Waals surface area (Å²) in [5.41, 5.74) is 4.90. The fraction of sp³-hybridized carbons (Fsp3) is 0.312. The highest BCUT2D eigenvalue weighted by atomic mass is 79.9. The minimum Gasteiger partial charge on any atom is -0.305 e. The summed E-state index contributed by atoms with van der Waals surface area (Å²) in [5.74, 6) is 0. The fourth-order valence-corrected chi connectivity index (χ4v) is 2.57. The molecule has 0 saturated carbocycles. The summed E-state index contributed by atoms with van der Waals surface area (Å²) in [4.78, 5) is 4.52. The van der Waals surface area contributed by atoms with Crippen molar-refractivity contribution in [3.8, 4) is 0 Å². The van der Waals surface area contributed by atoms with Crippen molar-refractivity contribution in [3.05, 3.63) is 63.4 Å². The number of rotatable bonds is 4. The van der Waals surface area contributed by atoms with Crippen LogP contribution < -0.4 is 5.32 Å². The maximum Gasteiger partial charge on any atom is 0.0751 e. The van der Waals surface area contributed by atoms with Crippen molar-refractivity contribution in [2.75, 3.05) is 6.54 Å². The van der Waals surface area contributed by atoms with E-state index in [1.807, 2.05) is 12.3 Å². The van der Waals surface area contributed by atoms with Crippen molar-refractivity contribution >= 4 is 15.9 Å². The van der Waals surface area contributed by atoms with Crippen molar-refractivity contribution < 1.29 is 0 Å². The molecule has 3 heteroatoms. The molecule has 0 saturated heterocycles. The maximum atomic E-state index is 4.52. The van der Waals surface area contributed by atoms with Crippen molar-refractivity contribution in [1.82, 2.24) is 10.3 Å². The van der Waals surface area contributed by atoms with Gasteiger partial charge in [0.1, 0.15) is 0 Å². The number of hydrogen-bond donors (Lipinski definition) is 1. The Hall–Kier alpha value is -1.19. The highest BCUT2D eigenvalue weighted by molar-refractivity contribution is 9.10. The second-order valence-corrected chi connectivity index (χ2v) is 5.73. The first-order valence-electron chi connectivity index (χ1n) is 6.53. The molecule has 0 radical (unpaired) electrons. The Morgan fingerprint density at radius 1 is 1.16 bits per heavy atom. The van der Waals surface area contributed by atoms with Crippen LogP contribution in [0.15, 0.2) is 41.0 Å². The molecule has 19 heavy (non-hydrogen) atoms. The molecule has 1 aromatic carbocycles. The van der Waals surface area contributed by atoms with Gasteiger partial charge in [-0.25, -0.2) is 0 Å². The molecule has 1 unspecified atom stereocenters. The van der Waals surface area contributed by atoms with E-state index in [2.05, 4.69) is 71.3 Å². The van der Waals surface area contributed by atoms with E-state index in [4.69, 9.17) is 0 Å². The molecule has 1 heterocycles. The molecule has 0 fully saturated rings. The molecule has 0 bridgehead atoms. The molecule has 0 spiro atoms. The van der Waals surface area contributed by atoms with Crippen LogP contribution in [0.4, 0.5) is 0 Å². The van der Waals surface area contributed by atoms with E-state index in [9.17, 15) is 0 Å². The molecule has 1 N–H and O–H groups in total. The van der Waals surface area contributed by atoms with Gasteiger partial charge in [-0.3, -0.25) is 4.98 Å². The third-order valence-electron chi connectivity index (χ3n) is 3.03. The SMILES string of the molecule is CCNC(c1cc(C)cc(C)c1)c1ccc(Br)cn1. The molecule has 100 valence electrons. The molecule has 1 atom stereocenters. The van der Waals surface area contributed by atoms with E-state index < -0.39 is 0 Å². The predicted octanol–water partition coefficient (Wildman–Crippen LogP) is 4.16. The fourth-order valence-electron chi connectivity index (χ4n) is 2.33. The van der Waals surface area contributed by atoms with E-state index in [-0.39, 0.29) is 6.04 Å². The lowest BCUT2D eigenvalue weighted by Gasteiger charge is -2.19. The van der Waals surface area contributed by atoms with Gasteiger partial charge in [-0.1, -0.05) is 36.2 Å². The zero-order valence-corrected chi connectivity index (χ0v) is 13.2. The highest BCUT2D eigenvalue weighted by Crippen LogP contribution is 2.23. The average Bonchev–Trinajstić information content (AvgIpc) is 2.36. The first kappa shape index (κ1) is 14.2. The number of benzene rings is 1. The summed E-state index contributed by atoms with van der Waals surface area (Å²) in [6.07, 6.45) is 1.85. The number of nitrogens with zero attached hydrogens (tertiary/aromatic N) is 1. The van der Waals surface area contributed by atoms with Gasteiger partial charge in [0.25, 0.3) is 0 Å². The number of halogens is 1. The molecule has 0 aliphatic heterocycles. The average molecular weight is 319 g/mol. The van der Waals surface area contributed by atoms with Gasteiger partial charge in [0.2, 0.25) is 0 Å². The Balaban J connectivity index is 2.41. The van der Waals surface area contributed by atoms with Crippen LogP contribution in [0.1, 0.15) is 35.3 Å². The van der Waals surface area contributed by atoms with Crippen LogP contribution in [0.2, 0.25) is 0 Å². The van der Waals surface area contributed by atoms with E-state index in [1.54, 1.807) is 0 Å². The van der Waals surface area contributed by atoms with Gasteiger partial charge < -0.3 is 5.32 Å². The number of pyridine rings is 1. The van der Waals surface area contributed by atoms with Crippen LogP contribution in [0.25, 0.3) is 0 Å². The Bertz CT molecular complexity index is 529. The lowest BCUT2D eigenvalue weighted by molar-refractivity contribution is 0.614. The number of aryl methyl sites for hydroxylation is 2. The van der Waals surface area contributed by atoms with Crippen molar-refractivity contribution in [2.45, 2.75) is 26.8 Å². The van der Waals surface area contributed by atoms with Gasteiger partial charge in [-0.15, -0.1) is 0 Å². The third-order valence-corrected chi connectivity index (χ3v) is 3.50. The smallest absolute Gasteiger partial charge is 0.0751 e. The first-order chi connectivity index (χ1) is 9.10. The first-order valence-corrected chi connectivity index (χ1v) is 7.32.